The van der Waals surface area contributed by atoms with Crippen LogP contribution in [0.1, 0.15) is 26.7 Å². The first-order valence-corrected chi connectivity index (χ1v) is 7.38. The molecule has 5 heteroatoms. The third-order valence-corrected chi connectivity index (χ3v) is 3.60. The molecule has 2 rings (SSSR count). The van der Waals surface area contributed by atoms with Crippen LogP contribution in [0.25, 0.3) is 0 Å². The Labute approximate surface area is 125 Å². The number of ether oxygens (including phenoxy) is 2. The standard InChI is InChI=1S/C16H24N2O3/c1-16(2,8-5-9-17)11-18-15(19)14-10-20-12-6-3-4-7-13(12)21-14/h3-4,6-7,14H,5,8-11,17H2,1-2H3,(H,18,19). The number of fused-ring (bicyclic) bond motifs is 1. The number of carbonyl (C=O) groups is 1. The van der Waals surface area contributed by atoms with Crippen molar-refractivity contribution < 1.29 is 14.3 Å². The second kappa shape index (κ2) is 6.80. The predicted octanol–water partition coefficient (Wildman–Crippen LogP) is 1.71. The molecule has 1 amide bonds. The Kier molecular flexibility index (Phi) is 5.07. The van der Waals surface area contributed by atoms with E-state index in [4.69, 9.17) is 15.2 Å². The lowest BCUT2D eigenvalue weighted by molar-refractivity contribution is -0.130. The van der Waals surface area contributed by atoms with Gasteiger partial charge in [-0.05, 0) is 36.9 Å². The Bertz CT molecular complexity index is 488. The summed E-state index contributed by atoms with van der Waals surface area (Å²) in [5.74, 6) is 1.17. The molecule has 0 aliphatic carbocycles. The van der Waals surface area contributed by atoms with Crippen molar-refractivity contribution in [3.8, 4) is 11.5 Å². The molecule has 0 saturated carbocycles. The van der Waals surface area contributed by atoms with E-state index in [0.717, 1.165) is 12.8 Å². The van der Waals surface area contributed by atoms with Crippen molar-refractivity contribution in [2.75, 3.05) is 19.7 Å². The first kappa shape index (κ1) is 15.6. The van der Waals surface area contributed by atoms with Gasteiger partial charge in [0.2, 0.25) is 6.10 Å². The monoisotopic (exact) mass is 292 g/mol. The first-order valence-electron chi connectivity index (χ1n) is 7.38. The van der Waals surface area contributed by atoms with Gasteiger partial charge in [-0.15, -0.1) is 0 Å². The van der Waals surface area contributed by atoms with E-state index >= 15 is 0 Å². The fourth-order valence-corrected chi connectivity index (χ4v) is 2.26. The molecular formula is C16H24N2O3. The van der Waals surface area contributed by atoms with Gasteiger partial charge >= 0.3 is 0 Å². The molecule has 0 radical (unpaired) electrons. The maximum absolute atomic E-state index is 12.2. The van der Waals surface area contributed by atoms with E-state index in [1.165, 1.54) is 0 Å². The number of para-hydroxylation sites is 2. The van der Waals surface area contributed by atoms with Crippen LogP contribution in [-0.4, -0.2) is 31.7 Å². The predicted molar refractivity (Wildman–Crippen MR) is 81.4 cm³/mol. The highest BCUT2D eigenvalue weighted by Crippen LogP contribution is 2.31. The van der Waals surface area contributed by atoms with Crippen molar-refractivity contribution in [3.63, 3.8) is 0 Å². The number of benzene rings is 1. The average molecular weight is 292 g/mol. The summed E-state index contributed by atoms with van der Waals surface area (Å²) in [6.07, 6.45) is 1.35. The average Bonchev–Trinajstić information content (AvgIpc) is 2.50. The largest absolute Gasteiger partial charge is 0.485 e. The summed E-state index contributed by atoms with van der Waals surface area (Å²) < 4.78 is 11.2. The Morgan fingerprint density at radius 1 is 1.38 bits per heavy atom. The highest BCUT2D eigenvalue weighted by molar-refractivity contribution is 5.81. The quantitative estimate of drug-likeness (QED) is 0.837. The maximum atomic E-state index is 12.2. The lowest BCUT2D eigenvalue weighted by Crippen LogP contribution is -2.46. The summed E-state index contributed by atoms with van der Waals surface area (Å²) in [5, 5.41) is 2.95. The fourth-order valence-electron chi connectivity index (χ4n) is 2.26. The molecule has 0 aromatic heterocycles. The third kappa shape index (κ3) is 4.36. The van der Waals surface area contributed by atoms with Gasteiger partial charge in [0.05, 0.1) is 0 Å². The Morgan fingerprint density at radius 3 is 2.81 bits per heavy atom. The highest BCUT2D eigenvalue weighted by atomic mass is 16.6. The fraction of sp³-hybridized carbons (Fsp3) is 0.562. The van der Waals surface area contributed by atoms with Gasteiger partial charge < -0.3 is 20.5 Å². The molecule has 0 saturated heterocycles. The zero-order valence-electron chi connectivity index (χ0n) is 12.7. The molecule has 1 atom stereocenters. The van der Waals surface area contributed by atoms with Crippen LogP contribution in [-0.2, 0) is 4.79 Å². The minimum Gasteiger partial charge on any atom is -0.485 e. The molecule has 3 N–H and O–H groups in total. The zero-order chi connectivity index (χ0) is 15.3. The van der Waals surface area contributed by atoms with Gasteiger partial charge in [-0.25, -0.2) is 0 Å². The first-order chi connectivity index (χ1) is 10.0. The highest BCUT2D eigenvalue weighted by Gasteiger charge is 2.28. The van der Waals surface area contributed by atoms with Crippen LogP contribution in [0.5, 0.6) is 11.5 Å². The lowest BCUT2D eigenvalue weighted by Gasteiger charge is -2.28. The van der Waals surface area contributed by atoms with Gasteiger partial charge in [0.25, 0.3) is 5.91 Å². The van der Waals surface area contributed by atoms with Gasteiger partial charge in [0.1, 0.15) is 6.61 Å². The topological polar surface area (TPSA) is 73.6 Å². The molecule has 1 aliphatic heterocycles. The number of nitrogens with two attached hydrogens (primary N) is 1. The van der Waals surface area contributed by atoms with Crippen LogP contribution in [0.4, 0.5) is 0 Å². The summed E-state index contributed by atoms with van der Waals surface area (Å²) >= 11 is 0. The summed E-state index contributed by atoms with van der Waals surface area (Å²) in [4.78, 5) is 12.2. The van der Waals surface area contributed by atoms with Gasteiger partial charge in [-0.3, -0.25) is 4.79 Å². The van der Waals surface area contributed by atoms with E-state index in [9.17, 15) is 4.79 Å². The molecule has 1 heterocycles. The van der Waals surface area contributed by atoms with Crippen molar-refractivity contribution in [2.45, 2.75) is 32.8 Å². The van der Waals surface area contributed by atoms with E-state index in [1.54, 1.807) is 6.07 Å². The number of rotatable bonds is 6. The van der Waals surface area contributed by atoms with Crippen LogP contribution in [0.2, 0.25) is 0 Å². The van der Waals surface area contributed by atoms with Gasteiger partial charge in [0, 0.05) is 6.54 Å². The molecule has 1 aromatic rings. The van der Waals surface area contributed by atoms with Crippen molar-refractivity contribution in [3.05, 3.63) is 24.3 Å². The smallest absolute Gasteiger partial charge is 0.264 e. The third-order valence-electron chi connectivity index (χ3n) is 3.60. The van der Waals surface area contributed by atoms with E-state index in [-0.39, 0.29) is 17.9 Å². The molecule has 21 heavy (non-hydrogen) atoms. The molecule has 1 aliphatic rings. The number of amides is 1. The second-order valence-corrected chi connectivity index (χ2v) is 6.14. The number of nitrogens with one attached hydrogen (secondary N) is 1. The summed E-state index contributed by atoms with van der Waals surface area (Å²) in [6, 6.07) is 7.38. The van der Waals surface area contributed by atoms with E-state index in [0.29, 0.717) is 24.6 Å². The molecule has 5 nitrogen and oxygen atoms in total. The summed E-state index contributed by atoms with van der Waals surface area (Å²) in [5.41, 5.74) is 5.56. The second-order valence-electron chi connectivity index (χ2n) is 6.14. The van der Waals surface area contributed by atoms with Crippen LogP contribution in [0.3, 0.4) is 0 Å². The lowest BCUT2D eigenvalue weighted by atomic mass is 9.87. The van der Waals surface area contributed by atoms with Crippen molar-refractivity contribution in [1.29, 1.82) is 0 Å². The van der Waals surface area contributed by atoms with Gasteiger partial charge in [0.15, 0.2) is 11.5 Å². The van der Waals surface area contributed by atoms with Crippen molar-refractivity contribution in [2.24, 2.45) is 11.1 Å². The number of hydrogen-bond donors (Lipinski definition) is 2. The minimum absolute atomic E-state index is 0.0302. The van der Waals surface area contributed by atoms with Gasteiger partial charge in [-0.2, -0.15) is 0 Å². The summed E-state index contributed by atoms with van der Waals surface area (Å²) in [7, 11) is 0. The normalized spacial score (nSPS) is 17.4. The summed E-state index contributed by atoms with van der Waals surface area (Å²) in [6.45, 7) is 5.76. The Hall–Kier alpha value is -1.75. The van der Waals surface area contributed by atoms with Gasteiger partial charge in [-0.1, -0.05) is 26.0 Å². The molecule has 0 bridgehead atoms. The van der Waals surface area contributed by atoms with E-state index < -0.39 is 6.10 Å². The minimum atomic E-state index is -0.592. The Balaban J connectivity index is 1.85. The van der Waals surface area contributed by atoms with Crippen LogP contribution >= 0.6 is 0 Å². The van der Waals surface area contributed by atoms with Crippen LogP contribution in [0.15, 0.2) is 24.3 Å². The molecule has 1 unspecified atom stereocenters. The van der Waals surface area contributed by atoms with E-state index in [1.807, 2.05) is 18.2 Å². The molecule has 0 fully saturated rings. The molecule has 116 valence electrons. The van der Waals surface area contributed by atoms with Crippen LogP contribution in [0, 0.1) is 5.41 Å². The maximum Gasteiger partial charge on any atom is 0.264 e. The number of hydrogen-bond acceptors (Lipinski definition) is 4. The SMILES string of the molecule is CC(C)(CCCN)CNC(=O)C1COc2ccccc2O1. The van der Waals surface area contributed by atoms with Crippen molar-refractivity contribution >= 4 is 5.91 Å². The molecule has 1 aromatic carbocycles. The molecule has 0 spiro atoms. The van der Waals surface area contributed by atoms with Crippen molar-refractivity contribution in [1.82, 2.24) is 5.32 Å². The molecular weight excluding hydrogens is 268 g/mol. The number of carbonyl (C=O) groups excluding carboxylic acids is 1. The Morgan fingerprint density at radius 2 is 2.10 bits per heavy atom. The van der Waals surface area contributed by atoms with Crippen LogP contribution < -0.4 is 20.5 Å². The van der Waals surface area contributed by atoms with E-state index in [2.05, 4.69) is 19.2 Å². The zero-order valence-corrected chi connectivity index (χ0v) is 12.7.